The normalized spacial score (nSPS) is 20.0. The van der Waals surface area contributed by atoms with Crippen LogP contribution in [0.4, 0.5) is 4.79 Å². The lowest BCUT2D eigenvalue weighted by atomic mass is 10.0. The van der Waals surface area contributed by atoms with Crippen LogP contribution in [0.2, 0.25) is 0 Å². The number of ether oxygens (including phenoxy) is 1. The van der Waals surface area contributed by atoms with Gasteiger partial charge in [-0.2, -0.15) is 0 Å². The first-order valence-corrected chi connectivity index (χ1v) is 5.86. The number of hydrogen-bond donors (Lipinski definition) is 1. The zero-order valence-electron chi connectivity index (χ0n) is 11.1. The molecule has 0 aromatic rings. The number of amides is 1. The Kier molecular flexibility index (Phi) is 6.61. The van der Waals surface area contributed by atoms with E-state index in [-0.39, 0.29) is 18.2 Å². The summed E-state index contributed by atoms with van der Waals surface area (Å²) in [5.41, 5.74) is -0.377. The van der Waals surface area contributed by atoms with Crippen LogP contribution >= 0.6 is 0 Å². The van der Waals surface area contributed by atoms with Gasteiger partial charge in [0.15, 0.2) is 0 Å². The van der Waals surface area contributed by atoms with Crippen molar-refractivity contribution in [3.63, 3.8) is 0 Å². The third-order valence-corrected chi connectivity index (χ3v) is 2.31. The van der Waals surface area contributed by atoms with E-state index in [2.05, 4.69) is 6.92 Å². The standard InChI is InChI=1S/C11H21NO2.CH2O2/c1-9-6-5-7-12(8-9)10(13)14-11(2,3)4;2-1-3/h9H,5-8H2,1-4H3;1H,(H,2,3). The summed E-state index contributed by atoms with van der Waals surface area (Å²) in [5.74, 6) is 0.608. The van der Waals surface area contributed by atoms with E-state index in [9.17, 15) is 4.79 Å². The molecule has 100 valence electrons. The van der Waals surface area contributed by atoms with Gasteiger partial charge in [0.2, 0.25) is 0 Å². The molecule has 0 aliphatic carbocycles. The fraction of sp³-hybridized carbons (Fsp3) is 0.833. The van der Waals surface area contributed by atoms with E-state index < -0.39 is 0 Å². The first-order chi connectivity index (χ1) is 7.80. The van der Waals surface area contributed by atoms with E-state index in [0.717, 1.165) is 19.5 Å². The van der Waals surface area contributed by atoms with E-state index in [1.165, 1.54) is 6.42 Å². The second-order valence-corrected chi connectivity index (χ2v) is 5.28. The molecule has 1 fully saturated rings. The minimum atomic E-state index is -0.377. The molecule has 1 atom stereocenters. The fourth-order valence-corrected chi connectivity index (χ4v) is 1.68. The molecular weight excluding hydrogens is 222 g/mol. The predicted octanol–water partition coefficient (Wildman–Crippen LogP) is 2.35. The first-order valence-electron chi connectivity index (χ1n) is 5.86. The van der Waals surface area contributed by atoms with Crippen LogP contribution in [0.25, 0.3) is 0 Å². The molecule has 0 aromatic carbocycles. The highest BCUT2D eigenvalue weighted by molar-refractivity contribution is 5.68. The average Bonchev–Trinajstić information content (AvgIpc) is 2.16. The van der Waals surface area contributed by atoms with Crippen molar-refractivity contribution < 1.29 is 19.4 Å². The second kappa shape index (κ2) is 7.14. The number of rotatable bonds is 0. The van der Waals surface area contributed by atoms with E-state index in [0.29, 0.717) is 5.92 Å². The Hall–Kier alpha value is -1.26. The van der Waals surface area contributed by atoms with Crippen molar-refractivity contribution >= 4 is 12.6 Å². The van der Waals surface area contributed by atoms with E-state index in [1.807, 2.05) is 25.7 Å². The van der Waals surface area contributed by atoms with Crippen LogP contribution in [-0.2, 0) is 9.53 Å². The molecule has 1 amide bonds. The maximum atomic E-state index is 11.7. The van der Waals surface area contributed by atoms with Crippen LogP contribution in [0.1, 0.15) is 40.5 Å². The Morgan fingerprint density at radius 1 is 1.47 bits per heavy atom. The number of likely N-dealkylation sites (tertiary alicyclic amines) is 1. The number of nitrogens with zero attached hydrogens (tertiary/aromatic N) is 1. The smallest absolute Gasteiger partial charge is 0.410 e. The van der Waals surface area contributed by atoms with Crippen LogP contribution in [0.5, 0.6) is 0 Å². The monoisotopic (exact) mass is 245 g/mol. The molecule has 0 spiro atoms. The van der Waals surface area contributed by atoms with Crippen molar-refractivity contribution in [2.45, 2.75) is 46.1 Å². The average molecular weight is 245 g/mol. The Morgan fingerprint density at radius 3 is 2.41 bits per heavy atom. The highest BCUT2D eigenvalue weighted by Crippen LogP contribution is 2.18. The molecule has 1 unspecified atom stereocenters. The SMILES string of the molecule is CC1CCCN(C(=O)OC(C)(C)C)C1.O=CO. The molecule has 0 aromatic heterocycles. The number of piperidine rings is 1. The van der Waals surface area contributed by atoms with Crippen molar-refractivity contribution in [3.8, 4) is 0 Å². The van der Waals surface area contributed by atoms with Gasteiger partial charge in [-0.25, -0.2) is 4.79 Å². The van der Waals surface area contributed by atoms with Gasteiger partial charge in [-0.3, -0.25) is 4.79 Å². The van der Waals surface area contributed by atoms with Crippen molar-refractivity contribution in [2.75, 3.05) is 13.1 Å². The van der Waals surface area contributed by atoms with Gasteiger partial charge in [0.25, 0.3) is 6.47 Å². The molecule has 0 bridgehead atoms. The van der Waals surface area contributed by atoms with E-state index >= 15 is 0 Å². The van der Waals surface area contributed by atoms with Crippen molar-refractivity contribution in [2.24, 2.45) is 5.92 Å². The van der Waals surface area contributed by atoms with Crippen molar-refractivity contribution in [3.05, 3.63) is 0 Å². The van der Waals surface area contributed by atoms with Gasteiger partial charge < -0.3 is 14.7 Å². The third kappa shape index (κ3) is 7.60. The van der Waals surface area contributed by atoms with Gasteiger partial charge in [-0.15, -0.1) is 0 Å². The predicted molar refractivity (Wildman–Crippen MR) is 64.9 cm³/mol. The molecule has 0 radical (unpaired) electrons. The molecular formula is C12H23NO4. The van der Waals surface area contributed by atoms with E-state index in [4.69, 9.17) is 14.6 Å². The molecule has 5 heteroatoms. The van der Waals surface area contributed by atoms with Gasteiger partial charge >= 0.3 is 6.09 Å². The number of carboxylic acid groups (broad SMARTS) is 1. The highest BCUT2D eigenvalue weighted by Gasteiger charge is 2.25. The van der Waals surface area contributed by atoms with Crippen LogP contribution < -0.4 is 0 Å². The van der Waals surface area contributed by atoms with Crippen LogP contribution in [-0.4, -0.2) is 41.3 Å². The minimum Gasteiger partial charge on any atom is -0.483 e. The lowest BCUT2D eigenvalue weighted by Gasteiger charge is -2.32. The Balaban J connectivity index is 0.000000770. The molecule has 1 aliphatic heterocycles. The Bertz CT molecular complexity index is 247. The van der Waals surface area contributed by atoms with E-state index in [1.54, 1.807) is 0 Å². The summed E-state index contributed by atoms with van der Waals surface area (Å²) in [7, 11) is 0. The first kappa shape index (κ1) is 15.7. The molecule has 1 heterocycles. The summed E-state index contributed by atoms with van der Waals surface area (Å²) in [6.07, 6.45) is 2.16. The van der Waals surface area contributed by atoms with Crippen molar-refractivity contribution in [1.82, 2.24) is 4.90 Å². The number of carbonyl (C=O) groups is 2. The zero-order chi connectivity index (χ0) is 13.5. The number of hydrogen-bond acceptors (Lipinski definition) is 3. The maximum absolute atomic E-state index is 11.7. The molecule has 1 rings (SSSR count). The topological polar surface area (TPSA) is 66.8 Å². The summed E-state index contributed by atoms with van der Waals surface area (Å²) in [6.45, 7) is 9.32. The van der Waals surface area contributed by atoms with Gasteiger partial charge in [0.1, 0.15) is 5.60 Å². The molecule has 0 saturated carbocycles. The highest BCUT2D eigenvalue weighted by atomic mass is 16.6. The zero-order valence-corrected chi connectivity index (χ0v) is 11.1. The third-order valence-electron chi connectivity index (χ3n) is 2.31. The van der Waals surface area contributed by atoms with Gasteiger partial charge in [-0.05, 0) is 39.5 Å². The molecule has 5 nitrogen and oxygen atoms in total. The summed E-state index contributed by atoms with van der Waals surface area (Å²) in [4.78, 5) is 21.8. The van der Waals surface area contributed by atoms with Gasteiger partial charge in [-0.1, -0.05) is 6.92 Å². The lowest BCUT2D eigenvalue weighted by molar-refractivity contribution is -0.122. The maximum Gasteiger partial charge on any atom is 0.410 e. The quantitative estimate of drug-likeness (QED) is 0.665. The van der Waals surface area contributed by atoms with Gasteiger partial charge in [0.05, 0.1) is 0 Å². The Morgan fingerprint density at radius 2 is 2.00 bits per heavy atom. The molecule has 1 saturated heterocycles. The van der Waals surface area contributed by atoms with Crippen LogP contribution in [0, 0.1) is 5.92 Å². The van der Waals surface area contributed by atoms with Crippen LogP contribution in [0.15, 0.2) is 0 Å². The van der Waals surface area contributed by atoms with Crippen LogP contribution in [0.3, 0.4) is 0 Å². The Labute approximate surface area is 103 Å². The molecule has 1 aliphatic rings. The minimum absolute atomic E-state index is 0.163. The summed E-state index contributed by atoms with van der Waals surface area (Å²) >= 11 is 0. The summed E-state index contributed by atoms with van der Waals surface area (Å²) < 4.78 is 5.31. The summed E-state index contributed by atoms with van der Waals surface area (Å²) in [5, 5.41) is 6.89. The molecule has 1 N–H and O–H groups in total. The lowest BCUT2D eigenvalue weighted by Crippen LogP contribution is -2.42. The second-order valence-electron chi connectivity index (χ2n) is 5.28. The largest absolute Gasteiger partial charge is 0.483 e. The van der Waals surface area contributed by atoms with Gasteiger partial charge in [0, 0.05) is 13.1 Å². The summed E-state index contributed by atoms with van der Waals surface area (Å²) in [6, 6.07) is 0. The number of carbonyl (C=O) groups excluding carboxylic acids is 1. The fourth-order valence-electron chi connectivity index (χ4n) is 1.68. The molecule has 17 heavy (non-hydrogen) atoms. The van der Waals surface area contributed by atoms with Crippen molar-refractivity contribution in [1.29, 1.82) is 0 Å².